The Morgan fingerprint density at radius 1 is 1.32 bits per heavy atom. The number of carbonyl (C=O) groups excluding carboxylic acids is 2. The number of rotatable bonds is 5. The van der Waals surface area contributed by atoms with E-state index in [1.165, 1.54) is 4.90 Å². The molecule has 3 amide bonds. The van der Waals surface area contributed by atoms with Gasteiger partial charge in [0.15, 0.2) is 0 Å². The molecule has 0 unspecified atom stereocenters. The molecule has 0 aliphatic carbocycles. The van der Waals surface area contributed by atoms with Gasteiger partial charge in [-0.05, 0) is 19.0 Å². The number of carboxylic acid groups (broad SMARTS) is 1. The maximum atomic E-state index is 12.0. The normalized spacial score (nSPS) is 18.9. The molecule has 2 N–H and O–H groups in total. The van der Waals surface area contributed by atoms with Gasteiger partial charge >= 0.3 is 6.09 Å². The first kappa shape index (κ1) is 16.3. The van der Waals surface area contributed by atoms with Gasteiger partial charge in [0.05, 0.1) is 0 Å². The minimum atomic E-state index is -0.864. The fourth-order valence-corrected chi connectivity index (χ4v) is 2.59. The fraction of sp³-hybridized carbons (Fsp3) is 0.643. The minimum Gasteiger partial charge on any atom is -0.465 e. The molecule has 0 bridgehead atoms. The molecule has 2 heterocycles. The molecule has 0 atom stereocenters. The number of likely N-dealkylation sites (N-methyl/N-ethyl adjacent to an activating group) is 1. The molecule has 122 valence electrons. The van der Waals surface area contributed by atoms with Crippen molar-refractivity contribution < 1.29 is 19.5 Å². The fourth-order valence-electron chi connectivity index (χ4n) is 2.59. The first-order valence-corrected chi connectivity index (χ1v) is 7.43. The number of hydrogen-bond donors (Lipinski definition) is 2. The summed E-state index contributed by atoms with van der Waals surface area (Å²) in [5.41, 5.74) is 0.363. The van der Waals surface area contributed by atoms with E-state index < -0.39 is 6.09 Å². The van der Waals surface area contributed by atoms with Crippen molar-refractivity contribution in [1.82, 2.24) is 20.0 Å². The molecule has 0 radical (unpaired) electrons. The average Bonchev–Trinajstić information content (AvgIpc) is 2.93. The van der Waals surface area contributed by atoms with Crippen molar-refractivity contribution in [3.05, 3.63) is 11.8 Å². The summed E-state index contributed by atoms with van der Waals surface area (Å²) in [6, 6.07) is 0. The molecule has 8 heteroatoms. The van der Waals surface area contributed by atoms with Gasteiger partial charge in [-0.2, -0.15) is 0 Å². The van der Waals surface area contributed by atoms with E-state index >= 15 is 0 Å². The predicted octanol–water partition coefficient (Wildman–Crippen LogP) is -0.466. The van der Waals surface area contributed by atoms with Crippen LogP contribution in [0, 0.1) is 0 Å². The first-order chi connectivity index (χ1) is 10.5. The van der Waals surface area contributed by atoms with E-state index in [1.54, 1.807) is 18.0 Å². The Hall–Kier alpha value is -2.09. The van der Waals surface area contributed by atoms with E-state index in [0.29, 0.717) is 25.3 Å². The number of hydrogen-bond acceptors (Lipinski definition) is 4. The number of nitrogens with one attached hydrogen (secondary N) is 1. The lowest BCUT2D eigenvalue weighted by Gasteiger charge is -2.33. The Morgan fingerprint density at radius 2 is 2.00 bits per heavy atom. The maximum absolute atomic E-state index is 12.0. The van der Waals surface area contributed by atoms with Crippen LogP contribution in [0.15, 0.2) is 11.8 Å². The molecule has 2 aliphatic heterocycles. The van der Waals surface area contributed by atoms with Crippen LogP contribution in [0.5, 0.6) is 0 Å². The number of nitrogens with zero attached hydrogens (tertiary/aromatic N) is 3. The van der Waals surface area contributed by atoms with E-state index in [9.17, 15) is 14.4 Å². The molecular formula is C14H22N4O4. The van der Waals surface area contributed by atoms with Crippen LogP contribution in [0.1, 0.15) is 12.8 Å². The molecule has 0 saturated carbocycles. The second-order valence-corrected chi connectivity index (χ2v) is 5.56. The first-order valence-electron chi connectivity index (χ1n) is 7.43. The van der Waals surface area contributed by atoms with Gasteiger partial charge in [0.25, 0.3) is 5.91 Å². The van der Waals surface area contributed by atoms with Crippen LogP contribution < -0.4 is 5.32 Å². The minimum absolute atomic E-state index is 0.145. The topological polar surface area (TPSA) is 93.2 Å². The van der Waals surface area contributed by atoms with Crippen molar-refractivity contribution >= 4 is 17.9 Å². The summed E-state index contributed by atoms with van der Waals surface area (Å²) < 4.78 is 0. The average molecular weight is 310 g/mol. The van der Waals surface area contributed by atoms with Crippen molar-refractivity contribution in [2.24, 2.45) is 0 Å². The van der Waals surface area contributed by atoms with E-state index in [1.807, 2.05) is 0 Å². The van der Waals surface area contributed by atoms with Crippen molar-refractivity contribution in [2.75, 3.05) is 46.3 Å². The molecule has 1 saturated heterocycles. The molecule has 0 spiro atoms. The van der Waals surface area contributed by atoms with Gasteiger partial charge in [-0.3, -0.25) is 14.5 Å². The highest BCUT2D eigenvalue weighted by Crippen LogP contribution is 2.07. The Balaban J connectivity index is 1.65. The van der Waals surface area contributed by atoms with Crippen molar-refractivity contribution in [2.45, 2.75) is 12.8 Å². The Kier molecular flexibility index (Phi) is 5.37. The quantitative estimate of drug-likeness (QED) is 0.716. The third kappa shape index (κ3) is 4.20. The summed E-state index contributed by atoms with van der Waals surface area (Å²) in [5, 5.41) is 11.4. The van der Waals surface area contributed by atoms with Gasteiger partial charge < -0.3 is 20.2 Å². The number of piperazine rings is 1. The van der Waals surface area contributed by atoms with E-state index in [4.69, 9.17) is 5.11 Å². The van der Waals surface area contributed by atoms with Crippen LogP contribution in [-0.2, 0) is 9.59 Å². The molecule has 2 aliphatic rings. The SMILES string of the molecule is CN(CCCN1CCN(C(=O)O)CC1)C(=O)C1=CCC(=O)N1. The van der Waals surface area contributed by atoms with Crippen LogP contribution >= 0.6 is 0 Å². The number of amides is 3. The highest BCUT2D eigenvalue weighted by atomic mass is 16.4. The molecule has 2 rings (SSSR count). The number of carbonyl (C=O) groups is 3. The van der Waals surface area contributed by atoms with E-state index in [-0.39, 0.29) is 18.2 Å². The van der Waals surface area contributed by atoms with Crippen LogP contribution in [0.2, 0.25) is 0 Å². The lowest BCUT2D eigenvalue weighted by molar-refractivity contribution is -0.128. The molecule has 1 fully saturated rings. The maximum Gasteiger partial charge on any atom is 0.407 e. The van der Waals surface area contributed by atoms with Crippen molar-refractivity contribution in [3.63, 3.8) is 0 Å². The van der Waals surface area contributed by atoms with Crippen LogP contribution in [-0.4, -0.2) is 84.0 Å². The van der Waals surface area contributed by atoms with Gasteiger partial charge in [-0.15, -0.1) is 0 Å². The molecule has 0 aromatic rings. The van der Waals surface area contributed by atoms with E-state index in [0.717, 1.165) is 26.1 Å². The summed E-state index contributed by atoms with van der Waals surface area (Å²) in [5.74, 6) is -0.311. The van der Waals surface area contributed by atoms with Crippen molar-refractivity contribution in [1.29, 1.82) is 0 Å². The van der Waals surface area contributed by atoms with Gasteiger partial charge in [0, 0.05) is 46.2 Å². The third-order valence-electron chi connectivity index (χ3n) is 3.95. The highest BCUT2D eigenvalue weighted by molar-refractivity contribution is 6.00. The summed E-state index contributed by atoms with van der Waals surface area (Å²) in [6.07, 6.45) is 1.84. The Bertz CT molecular complexity index is 483. The zero-order chi connectivity index (χ0) is 16.1. The molecule has 22 heavy (non-hydrogen) atoms. The zero-order valence-corrected chi connectivity index (χ0v) is 12.7. The van der Waals surface area contributed by atoms with Gasteiger partial charge in [-0.1, -0.05) is 0 Å². The smallest absolute Gasteiger partial charge is 0.407 e. The largest absolute Gasteiger partial charge is 0.465 e. The van der Waals surface area contributed by atoms with Crippen LogP contribution in [0.25, 0.3) is 0 Å². The summed E-state index contributed by atoms with van der Waals surface area (Å²) in [6.45, 7) is 3.95. The van der Waals surface area contributed by atoms with Gasteiger partial charge in [0.1, 0.15) is 5.70 Å². The predicted molar refractivity (Wildman–Crippen MR) is 79.1 cm³/mol. The zero-order valence-electron chi connectivity index (χ0n) is 12.7. The van der Waals surface area contributed by atoms with Gasteiger partial charge in [-0.25, -0.2) is 4.79 Å². The van der Waals surface area contributed by atoms with Crippen LogP contribution in [0.4, 0.5) is 4.79 Å². The summed E-state index contributed by atoms with van der Waals surface area (Å²) in [7, 11) is 1.72. The standard InChI is InChI=1S/C14H22N4O4/c1-16(13(20)11-3-4-12(19)15-11)5-2-6-17-7-9-18(10-8-17)14(21)22/h3H,2,4-10H2,1H3,(H,15,19)(H,21,22). The molecular weight excluding hydrogens is 288 g/mol. The summed E-state index contributed by atoms with van der Waals surface area (Å²) >= 11 is 0. The molecule has 0 aromatic carbocycles. The lowest BCUT2D eigenvalue weighted by Crippen LogP contribution is -2.48. The monoisotopic (exact) mass is 310 g/mol. The highest BCUT2D eigenvalue weighted by Gasteiger charge is 2.22. The second-order valence-electron chi connectivity index (χ2n) is 5.56. The summed E-state index contributed by atoms with van der Waals surface area (Å²) in [4.78, 5) is 39.2. The third-order valence-corrected chi connectivity index (χ3v) is 3.95. The van der Waals surface area contributed by atoms with Gasteiger partial charge in [0.2, 0.25) is 5.91 Å². The Labute approximate surface area is 129 Å². The molecule has 0 aromatic heterocycles. The lowest BCUT2D eigenvalue weighted by atomic mass is 10.3. The second kappa shape index (κ2) is 7.26. The van der Waals surface area contributed by atoms with Crippen LogP contribution in [0.3, 0.4) is 0 Å². The van der Waals surface area contributed by atoms with E-state index in [2.05, 4.69) is 10.2 Å². The van der Waals surface area contributed by atoms with Crippen molar-refractivity contribution in [3.8, 4) is 0 Å². The Morgan fingerprint density at radius 3 is 2.55 bits per heavy atom. The molecule has 8 nitrogen and oxygen atoms in total.